The van der Waals surface area contributed by atoms with Gasteiger partial charge in [0.15, 0.2) is 0 Å². The number of hydrogen-bond donors (Lipinski definition) is 2. The average Bonchev–Trinajstić information content (AvgIpc) is 2.30. The minimum atomic E-state index is -0.0498. The highest BCUT2D eigenvalue weighted by Gasteiger charge is 2.43. The lowest BCUT2D eigenvalue weighted by Crippen LogP contribution is -3.18. The monoisotopic (exact) mass is 218 g/mol. The van der Waals surface area contributed by atoms with Gasteiger partial charge in [-0.15, -0.1) is 0 Å². The van der Waals surface area contributed by atoms with Crippen molar-refractivity contribution in [2.24, 2.45) is 5.92 Å². The number of piperidine rings is 2. The van der Waals surface area contributed by atoms with Gasteiger partial charge in [-0.2, -0.15) is 0 Å². The third-order valence-corrected chi connectivity index (χ3v) is 4.27. The van der Waals surface area contributed by atoms with Crippen molar-refractivity contribution in [3.63, 3.8) is 0 Å². The van der Waals surface area contributed by atoms with Crippen LogP contribution in [0.25, 0.3) is 0 Å². The normalized spacial score (nSPS) is 37.6. The van der Waals surface area contributed by atoms with E-state index < -0.39 is 0 Å². The second kappa shape index (κ2) is 4.19. The van der Waals surface area contributed by atoms with Gasteiger partial charge in [0.2, 0.25) is 0 Å². The maximum absolute atomic E-state index is 10.0. The summed E-state index contributed by atoms with van der Waals surface area (Å²) in [5.74, 6) is 0.763. The predicted molar refractivity (Wildman–Crippen MR) is 63.1 cm³/mol. The lowest BCUT2D eigenvalue weighted by molar-refractivity contribution is -0.957. The number of quaternary nitrogens is 1. The minimum absolute atomic E-state index is 0.0498. The molecule has 2 bridgehead atoms. The lowest BCUT2D eigenvalue weighted by atomic mass is 9.78. The molecule has 0 amide bonds. The number of hydrogen-bond acceptors (Lipinski definition) is 1. The van der Waals surface area contributed by atoms with Gasteiger partial charge in [0.05, 0.1) is 6.54 Å². The molecule has 3 fully saturated rings. The fraction of sp³-hybridized carbons (Fsp3) is 0.571. The zero-order chi connectivity index (χ0) is 11.0. The standard InChI is InChI=1S/C14H19NO/c16-14-8-12-6-7-13(14)15(10-12)9-11-4-2-1-3-5-11/h1-5,12-14,16H,6-10H2/p+1/t12-,13+,14+/m0/s1. The van der Waals surface area contributed by atoms with E-state index in [0.29, 0.717) is 6.04 Å². The molecule has 2 heterocycles. The summed E-state index contributed by atoms with van der Waals surface area (Å²) in [6, 6.07) is 11.2. The number of aliphatic hydroxyl groups is 1. The molecule has 3 aliphatic rings. The molecule has 86 valence electrons. The molecule has 1 aromatic rings. The summed E-state index contributed by atoms with van der Waals surface area (Å²) in [5, 5.41) is 10.0. The summed E-state index contributed by atoms with van der Waals surface area (Å²) in [4.78, 5) is 1.60. The maximum atomic E-state index is 10.0. The van der Waals surface area contributed by atoms with Crippen molar-refractivity contribution >= 4 is 0 Å². The summed E-state index contributed by atoms with van der Waals surface area (Å²) < 4.78 is 0. The second-order valence-electron chi connectivity index (χ2n) is 5.38. The van der Waals surface area contributed by atoms with Crippen LogP contribution in [0.1, 0.15) is 24.8 Å². The Balaban J connectivity index is 1.72. The number of aliphatic hydroxyl groups excluding tert-OH is 1. The Labute approximate surface area is 96.9 Å². The van der Waals surface area contributed by atoms with E-state index in [4.69, 9.17) is 0 Å². The van der Waals surface area contributed by atoms with Crippen LogP contribution in [0.4, 0.5) is 0 Å². The SMILES string of the molecule is O[C@@H]1C[C@@H]2CC[C@H]1[NH+](Cc1ccccc1)C2. The topological polar surface area (TPSA) is 24.7 Å². The van der Waals surface area contributed by atoms with Crippen molar-refractivity contribution < 1.29 is 10.0 Å². The summed E-state index contributed by atoms with van der Waals surface area (Å²) in [7, 11) is 0. The highest BCUT2D eigenvalue weighted by atomic mass is 16.3. The fourth-order valence-corrected chi connectivity index (χ4v) is 3.48. The summed E-state index contributed by atoms with van der Waals surface area (Å²) in [5.41, 5.74) is 1.40. The first kappa shape index (κ1) is 10.3. The molecule has 1 saturated carbocycles. The molecule has 4 rings (SSSR count). The Kier molecular flexibility index (Phi) is 2.70. The van der Waals surface area contributed by atoms with E-state index in [1.54, 1.807) is 4.90 Å². The molecule has 2 nitrogen and oxygen atoms in total. The van der Waals surface area contributed by atoms with Crippen LogP contribution in [0, 0.1) is 5.92 Å². The van der Waals surface area contributed by atoms with Crippen LogP contribution in [0.2, 0.25) is 0 Å². The van der Waals surface area contributed by atoms with Gasteiger partial charge in [-0.3, -0.25) is 0 Å². The van der Waals surface area contributed by atoms with Crippen LogP contribution >= 0.6 is 0 Å². The van der Waals surface area contributed by atoms with E-state index in [9.17, 15) is 5.11 Å². The number of fused-ring (bicyclic) bond motifs is 3. The van der Waals surface area contributed by atoms with Crippen LogP contribution in [-0.4, -0.2) is 23.8 Å². The molecule has 2 saturated heterocycles. The van der Waals surface area contributed by atoms with Crippen LogP contribution in [0.5, 0.6) is 0 Å². The molecule has 0 radical (unpaired) electrons. The van der Waals surface area contributed by atoms with Gasteiger partial charge in [0.1, 0.15) is 18.7 Å². The zero-order valence-corrected chi connectivity index (χ0v) is 9.60. The van der Waals surface area contributed by atoms with Gasteiger partial charge in [-0.05, 0) is 12.8 Å². The molecule has 0 spiro atoms. The van der Waals surface area contributed by atoms with E-state index >= 15 is 0 Å². The molecule has 1 aliphatic carbocycles. The third kappa shape index (κ3) is 1.87. The van der Waals surface area contributed by atoms with E-state index in [1.165, 1.54) is 24.9 Å². The summed E-state index contributed by atoms with van der Waals surface area (Å²) >= 11 is 0. The van der Waals surface area contributed by atoms with Crippen LogP contribution in [-0.2, 0) is 6.54 Å². The molecule has 2 heteroatoms. The second-order valence-corrected chi connectivity index (χ2v) is 5.38. The third-order valence-electron chi connectivity index (χ3n) is 4.27. The highest BCUT2D eigenvalue weighted by Crippen LogP contribution is 2.26. The Morgan fingerprint density at radius 2 is 2.00 bits per heavy atom. The predicted octanol–water partition coefficient (Wildman–Crippen LogP) is 0.615. The highest BCUT2D eigenvalue weighted by molar-refractivity contribution is 5.13. The summed E-state index contributed by atoms with van der Waals surface area (Å²) in [6.07, 6.45) is 3.54. The van der Waals surface area contributed by atoms with Crippen molar-refractivity contribution in [3.05, 3.63) is 35.9 Å². The Morgan fingerprint density at radius 3 is 2.69 bits per heavy atom. The van der Waals surface area contributed by atoms with E-state index in [2.05, 4.69) is 30.3 Å². The molecule has 1 aromatic carbocycles. The van der Waals surface area contributed by atoms with Gasteiger partial charge in [0, 0.05) is 17.9 Å². The zero-order valence-electron chi connectivity index (χ0n) is 9.60. The fourth-order valence-electron chi connectivity index (χ4n) is 3.48. The van der Waals surface area contributed by atoms with Gasteiger partial charge in [-0.1, -0.05) is 30.3 Å². The first-order valence-electron chi connectivity index (χ1n) is 6.39. The molecule has 0 aromatic heterocycles. The van der Waals surface area contributed by atoms with Gasteiger partial charge in [-0.25, -0.2) is 0 Å². The van der Waals surface area contributed by atoms with E-state index in [1.807, 2.05) is 0 Å². The molecule has 16 heavy (non-hydrogen) atoms. The quantitative estimate of drug-likeness (QED) is 0.747. The summed E-state index contributed by atoms with van der Waals surface area (Å²) in [6.45, 7) is 2.34. The first-order chi connectivity index (χ1) is 7.83. The molecular weight excluding hydrogens is 198 g/mol. The Bertz CT molecular complexity index is 351. The minimum Gasteiger partial charge on any atom is -0.387 e. The first-order valence-corrected chi connectivity index (χ1v) is 6.39. The van der Waals surface area contributed by atoms with Crippen LogP contribution < -0.4 is 4.90 Å². The Hall–Kier alpha value is -0.860. The number of nitrogens with one attached hydrogen (secondary N) is 1. The maximum Gasteiger partial charge on any atom is 0.114 e. The van der Waals surface area contributed by atoms with Crippen molar-refractivity contribution in [2.45, 2.75) is 38.0 Å². The van der Waals surface area contributed by atoms with Gasteiger partial charge in [0.25, 0.3) is 0 Å². The van der Waals surface area contributed by atoms with Crippen molar-refractivity contribution in [1.29, 1.82) is 0 Å². The molecule has 1 unspecified atom stereocenters. The molecule has 4 atom stereocenters. The Morgan fingerprint density at radius 1 is 1.19 bits per heavy atom. The smallest absolute Gasteiger partial charge is 0.114 e. The largest absolute Gasteiger partial charge is 0.387 e. The van der Waals surface area contributed by atoms with Gasteiger partial charge >= 0.3 is 0 Å². The number of rotatable bonds is 2. The lowest BCUT2D eigenvalue weighted by Gasteiger charge is -2.45. The van der Waals surface area contributed by atoms with Crippen molar-refractivity contribution in [3.8, 4) is 0 Å². The average molecular weight is 218 g/mol. The molecular formula is C14H20NO+. The van der Waals surface area contributed by atoms with Crippen molar-refractivity contribution in [1.82, 2.24) is 0 Å². The van der Waals surface area contributed by atoms with Crippen LogP contribution in [0.3, 0.4) is 0 Å². The number of benzene rings is 1. The van der Waals surface area contributed by atoms with Crippen molar-refractivity contribution in [2.75, 3.05) is 6.54 Å². The molecule has 2 aliphatic heterocycles. The van der Waals surface area contributed by atoms with E-state index in [0.717, 1.165) is 18.9 Å². The van der Waals surface area contributed by atoms with E-state index in [-0.39, 0.29) is 6.10 Å². The van der Waals surface area contributed by atoms with Crippen LogP contribution in [0.15, 0.2) is 30.3 Å². The molecule has 2 N–H and O–H groups in total. The van der Waals surface area contributed by atoms with Gasteiger partial charge < -0.3 is 10.0 Å².